The van der Waals surface area contributed by atoms with Crippen molar-refractivity contribution >= 4 is 11.7 Å². The number of urea groups is 1. The molecule has 5 heteroatoms. The highest BCUT2D eigenvalue weighted by atomic mass is 16.2. The zero-order valence-electron chi connectivity index (χ0n) is 12.1. The molecule has 1 atom stereocenters. The average Bonchev–Trinajstić information content (AvgIpc) is 3.06. The molecule has 1 N–H and O–H groups in total. The molecule has 0 unspecified atom stereocenters. The van der Waals surface area contributed by atoms with Gasteiger partial charge in [0, 0.05) is 24.6 Å². The summed E-state index contributed by atoms with van der Waals surface area (Å²) in [5, 5.41) is 11.7. The number of nitrogens with zero attached hydrogens (tertiary/aromatic N) is 3. The highest BCUT2D eigenvalue weighted by Crippen LogP contribution is 2.31. The molecule has 1 fully saturated rings. The van der Waals surface area contributed by atoms with Gasteiger partial charge >= 0.3 is 6.03 Å². The molecular weight excluding hydrogens is 276 g/mol. The van der Waals surface area contributed by atoms with Crippen LogP contribution in [0, 0.1) is 11.3 Å². The number of nitrogens with one attached hydrogen (secondary N) is 1. The number of benzene rings is 1. The molecule has 0 saturated carbocycles. The number of rotatable bonds is 2. The van der Waals surface area contributed by atoms with E-state index >= 15 is 0 Å². The van der Waals surface area contributed by atoms with Crippen LogP contribution < -0.4 is 5.32 Å². The van der Waals surface area contributed by atoms with Crippen molar-refractivity contribution in [2.24, 2.45) is 0 Å². The number of nitriles is 1. The minimum Gasteiger partial charge on any atom is -0.317 e. The van der Waals surface area contributed by atoms with Gasteiger partial charge in [-0.1, -0.05) is 6.07 Å². The summed E-state index contributed by atoms with van der Waals surface area (Å²) in [6.45, 7) is 0.738. The third-order valence-corrected chi connectivity index (χ3v) is 3.85. The van der Waals surface area contributed by atoms with Gasteiger partial charge < -0.3 is 10.2 Å². The number of amides is 2. The molecule has 1 aliphatic rings. The van der Waals surface area contributed by atoms with Gasteiger partial charge in [0.05, 0.1) is 17.7 Å². The fourth-order valence-electron chi connectivity index (χ4n) is 2.75. The van der Waals surface area contributed by atoms with Crippen molar-refractivity contribution < 1.29 is 4.79 Å². The number of likely N-dealkylation sites (tertiary alicyclic amines) is 1. The number of pyridine rings is 1. The SMILES string of the molecule is N#Cc1ccc(NC(=O)N2CCC[C@H]2c2cccnc2)cc1. The van der Waals surface area contributed by atoms with E-state index in [0.717, 1.165) is 24.9 Å². The Kier molecular flexibility index (Phi) is 4.01. The first-order valence-corrected chi connectivity index (χ1v) is 7.25. The van der Waals surface area contributed by atoms with Crippen molar-refractivity contribution in [1.82, 2.24) is 9.88 Å². The highest BCUT2D eigenvalue weighted by Gasteiger charge is 2.30. The zero-order valence-corrected chi connectivity index (χ0v) is 12.1. The molecule has 22 heavy (non-hydrogen) atoms. The Morgan fingerprint density at radius 2 is 2.14 bits per heavy atom. The minimum absolute atomic E-state index is 0.0760. The van der Waals surface area contributed by atoms with E-state index in [4.69, 9.17) is 5.26 Å². The smallest absolute Gasteiger partial charge is 0.317 e. The van der Waals surface area contributed by atoms with E-state index in [-0.39, 0.29) is 12.1 Å². The van der Waals surface area contributed by atoms with Crippen molar-refractivity contribution in [2.75, 3.05) is 11.9 Å². The molecule has 1 aromatic carbocycles. The van der Waals surface area contributed by atoms with Crippen LogP contribution in [0.15, 0.2) is 48.8 Å². The number of aromatic nitrogens is 1. The van der Waals surface area contributed by atoms with E-state index in [0.29, 0.717) is 11.3 Å². The first-order chi connectivity index (χ1) is 10.8. The van der Waals surface area contributed by atoms with Gasteiger partial charge in [0.2, 0.25) is 0 Å². The van der Waals surface area contributed by atoms with E-state index in [2.05, 4.69) is 16.4 Å². The molecule has 1 aromatic heterocycles. The Balaban J connectivity index is 1.72. The maximum atomic E-state index is 12.5. The van der Waals surface area contributed by atoms with Crippen LogP contribution in [0.5, 0.6) is 0 Å². The summed E-state index contributed by atoms with van der Waals surface area (Å²) in [4.78, 5) is 18.5. The van der Waals surface area contributed by atoms with Crippen LogP contribution in [-0.4, -0.2) is 22.5 Å². The summed E-state index contributed by atoms with van der Waals surface area (Å²) >= 11 is 0. The van der Waals surface area contributed by atoms with E-state index in [9.17, 15) is 4.79 Å². The molecular formula is C17H16N4O. The Bertz CT molecular complexity index is 691. The molecule has 2 amide bonds. The fourth-order valence-corrected chi connectivity index (χ4v) is 2.75. The summed E-state index contributed by atoms with van der Waals surface area (Å²) in [6.07, 6.45) is 5.49. The number of hydrogen-bond donors (Lipinski definition) is 1. The first kappa shape index (κ1) is 14.1. The van der Waals surface area contributed by atoms with Crippen LogP contribution in [0.25, 0.3) is 0 Å². The standard InChI is InChI=1S/C17H16N4O/c18-11-13-5-7-15(8-6-13)20-17(22)21-10-2-4-16(21)14-3-1-9-19-12-14/h1,3,5-9,12,16H,2,4,10H2,(H,20,22)/t16-/m0/s1. The van der Waals surface area contributed by atoms with Crippen LogP contribution in [0.2, 0.25) is 0 Å². The molecule has 1 saturated heterocycles. The topological polar surface area (TPSA) is 69.0 Å². The lowest BCUT2D eigenvalue weighted by Gasteiger charge is -2.25. The van der Waals surface area contributed by atoms with Crippen molar-refractivity contribution in [3.05, 3.63) is 59.9 Å². The number of carbonyl (C=O) groups excluding carboxylic acids is 1. The van der Waals surface area contributed by atoms with Gasteiger partial charge in [-0.05, 0) is 48.7 Å². The van der Waals surface area contributed by atoms with E-state index in [1.54, 1.807) is 30.5 Å². The molecule has 0 aliphatic carbocycles. The zero-order chi connectivity index (χ0) is 15.4. The first-order valence-electron chi connectivity index (χ1n) is 7.25. The van der Waals surface area contributed by atoms with Gasteiger partial charge in [-0.3, -0.25) is 4.98 Å². The van der Waals surface area contributed by atoms with Gasteiger partial charge in [0.15, 0.2) is 0 Å². The van der Waals surface area contributed by atoms with Crippen LogP contribution in [-0.2, 0) is 0 Å². The van der Waals surface area contributed by atoms with Gasteiger partial charge in [0.1, 0.15) is 0 Å². The van der Waals surface area contributed by atoms with E-state index < -0.39 is 0 Å². The van der Waals surface area contributed by atoms with Gasteiger partial charge in [-0.25, -0.2) is 4.79 Å². The number of hydrogen-bond acceptors (Lipinski definition) is 3. The maximum Gasteiger partial charge on any atom is 0.322 e. The van der Waals surface area contributed by atoms with Gasteiger partial charge in [0.25, 0.3) is 0 Å². The number of carbonyl (C=O) groups is 1. The van der Waals surface area contributed by atoms with Crippen LogP contribution in [0.4, 0.5) is 10.5 Å². The van der Waals surface area contributed by atoms with E-state index in [1.807, 2.05) is 23.2 Å². The normalized spacial score (nSPS) is 17.0. The molecule has 0 bridgehead atoms. The second-order valence-electron chi connectivity index (χ2n) is 5.26. The predicted octanol–water partition coefficient (Wildman–Crippen LogP) is 3.32. The Morgan fingerprint density at radius 1 is 1.32 bits per heavy atom. The van der Waals surface area contributed by atoms with Crippen LogP contribution in [0.1, 0.15) is 30.0 Å². The second-order valence-corrected chi connectivity index (χ2v) is 5.26. The molecule has 0 spiro atoms. The van der Waals surface area contributed by atoms with Crippen molar-refractivity contribution in [2.45, 2.75) is 18.9 Å². The third kappa shape index (κ3) is 2.91. The Hall–Kier alpha value is -2.87. The summed E-state index contributed by atoms with van der Waals surface area (Å²) in [5.41, 5.74) is 2.34. The monoisotopic (exact) mass is 292 g/mol. The van der Waals surface area contributed by atoms with Crippen LogP contribution >= 0.6 is 0 Å². The molecule has 2 heterocycles. The molecule has 0 radical (unpaired) electrons. The molecule has 110 valence electrons. The summed E-state index contributed by atoms with van der Waals surface area (Å²) in [7, 11) is 0. The predicted molar refractivity (Wildman–Crippen MR) is 83.1 cm³/mol. The van der Waals surface area contributed by atoms with Gasteiger partial charge in [-0.15, -0.1) is 0 Å². The summed E-state index contributed by atoms with van der Waals surface area (Å²) in [6, 6.07) is 12.8. The van der Waals surface area contributed by atoms with Crippen molar-refractivity contribution in [3.8, 4) is 6.07 Å². The Morgan fingerprint density at radius 3 is 2.82 bits per heavy atom. The molecule has 3 rings (SSSR count). The largest absolute Gasteiger partial charge is 0.322 e. The van der Waals surface area contributed by atoms with Crippen molar-refractivity contribution in [3.63, 3.8) is 0 Å². The third-order valence-electron chi connectivity index (χ3n) is 3.85. The fraction of sp³-hybridized carbons (Fsp3) is 0.235. The molecule has 2 aromatic rings. The van der Waals surface area contributed by atoms with Gasteiger partial charge in [-0.2, -0.15) is 5.26 Å². The molecule has 5 nitrogen and oxygen atoms in total. The Labute approximate surface area is 129 Å². The van der Waals surface area contributed by atoms with E-state index in [1.165, 1.54) is 0 Å². The quantitative estimate of drug-likeness (QED) is 0.923. The maximum absolute atomic E-state index is 12.5. The highest BCUT2D eigenvalue weighted by molar-refractivity contribution is 5.89. The summed E-state index contributed by atoms with van der Waals surface area (Å²) in [5.74, 6) is 0. The lowest BCUT2D eigenvalue weighted by Crippen LogP contribution is -2.34. The lowest BCUT2D eigenvalue weighted by molar-refractivity contribution is 0.207. The minimum atomic E-state index is -0.115. The lowest BCUT2D eigenvalue weighted by atomic mass is 10.1. The number of anilines is 1. The second kappa shape index (κ2) is 6.27. The summed E-state index contributed by atoms with van der Waals surface area (Å²) < 4.78 is 0. The average molecular weight is 292 g/mol. The van der Waals surface area contributed by atoms with Crippen LogP contribution in [0.3, 0.4) is 0 Å². The van der Waals surface area contributed by atoms with Crippen molar-refractivity contribution in [1.29, 1.82) is 5.26 Å². The molecule has 1 aliphatic heterocycles.